The predicted molar refractivity (Wildman–Crippen MR) is 178 cm³/mol. The Balaban J connectivity index is 1.42. The Hall–Kier alpha value is -4.58. The summed E-state index contributed by atoms with van der Waals surface area (Å²) in [4.78, 5) is 34.0. The second kappa shape index (κ2) is 13.6. The quantitative estimate of drug-likeness (QED) is 0.226. The molecule has 2 aliphatic rings. The topological polar surface area (TPSA) is 136 Å². The van der Waals surface area contributed by atoms with E-state index in [0.717, 1.165) is 29.5 Å². The summed E-state index contributed by atoms with van der Waals surface area (Å²) >= 11 is 0. The Bertz CT molecular complexity index is 1840. The number of anilines is 1. The first-order valence-corrected chi connectivity index (χ1v) is 17.6. The maximum atomic E-state index is 14.3. The minimum atomic E-state index is -4.16. The van der Waals surface area contributed by atoms with Gasteiger partial charge < -0.3 is 14.4 Å². The van der Waals surface area contributed by atoms with Gasteiger partial charge in [-0.15, -0.1) is 0 Å². The number of amides is 1. The van der Waals surface area contributed by atoms with Gasteiger partial charge in [0.2, 0.25) is 11.8 Å². The van der Waals surface area contributed by atoms with E-state index in [1.165, 1.54) is 25.0 Å². The van der Waals surface area contributed by atoms with Gasteiger partial charge in [0.25, 0.3) is 15.9 Å². The van der Waals surface area contributed by atoms with E-state index in [1.807, 2.05) is 45.9 Å². The molecule has 4 aromatic rings. The third-order valence-corrected chi connectivity index (χ3v) is 10.0. The zero-order chi connectivity index (χ0) is 33.1. The summed E-state index contributed by atoms with van der Waals surface area (Å²) in [7, 11) is -4.16. The van der Waals surface area contributed by atoms with Crippen LogP contribution in [0.3, 0.4) is 0 Å². The number of carbonyl (C=O) groups excluding carboxylic acids is 1. The highest BCUT2D eigenvalue weighted by atomic mass is 32.2. The van der Waals surface area contributed by atoms with E-state index in [2.05, 4.69) is 24.7 Å². The molecule has 0 spiro atoms. The van der Waals surface area contributed by atoms with Crippen molar-refractivity contribution in [1.82, 2.24) is 24.8 Å². The Kier molecular flexibility index (Phi) is 9.40. The minimum absolute atomic E-state index is 0.0183. The van der Waals surface area contributed by atoms with Crippen LogP contribution in [-0.2, 0) is 16.6 Å². The zero-order valence-electron chi connectivity index (χ0n) is 27.1. The number of aryl methyl sites for hydroxylation is 2. The summed E-state index contributed by atoms with van der Waals surface area (Å²) in [5.74, 6) is 1.34. The van der Waals surface area contributed by atoms with Crippen LogP contribution < -0.4 is 14.2 Å². The highest BCUT2D eigenvalue weighted by Crippen LogP contribution is 2.35. The van der Waals surface area contributed by atoms with E-state index >= 15 is 0 Å². The van der Waals surface area contributed by atoms with E-state index in [-0.39, 0.29) is 53.5 Å². The molecule has 11 nitrogen and oxygen atoms in total. The molecule has 1 N–H and O–H groups in total. The molecule has 0 radical (unpaired) electrons. The number of nitrogens with one attached hydrogen (secondary N) is 1. The smallest absolute Gasteiger partial charge is 0.264 e. The lowest BCUT2D eigenvalue weighted by atomic mass is 10.00. The summed E-state index contributed by atoms with van der Waals surface area (Å²) in [6.45, 7) is 8.20. The molecule has 12 heteroatoms. The van der Waals surface area contributed by atoms with Crippen LogP contribution in [0.15, 0.2) is 65.8 Å². The van der Waals surface area contributed by atoms with Crippen molar-refractivity contribution >= 4 is 21.9 Å². The number of nitrogens with zero attached hydrogens (tertiary/aromatic N) is 5. The highest BCUT2D eigenvalue weighted by Gasteiger charge is 2.31. The molecule has 1 saturated carbocycles. The first-order chi connectivity index (χ1) is 22.6. The first-order valence-electron chi connectivity index (χ1n) is 16.1. The van der Waals surface area contributed by atoms with E-state index in [0.29, 0.717) is 29.6 Å². The van der Waals surface area contributed by atoms with Gasteiger partial charge in [-0.25, -0.2) is 28.1 Å². The first kappa shape index (κ1) is 32.4. The Morgan fingerprint density at radius 1 is 1.02 bits per heavy atom. The van der Waals surface area contributed by atoms with Crippen LogP contribution in [0.2, 0.25) is 0 Å². The lowest BCUT2D eigenvalue weighted by Gasteiger charge is -2.31. The number of sulfonamides is 1. The van der Waals surface area contributed by atoms with Gasteiger partial charge in [-0.05, 0) is 75.3 Å². The fourth-order valence-electron chi connectivity index (χ4n) is 5.70. The van der Waals surface area contributed by atoms with Crippen molar-refractivity contribution in [3.05, 3.63) is 83.4 Å². The van der Waals surface area contributed by atoms with Gasteiger partial charge >= 0.3 is 0 Å². The molecule has 47 heavy (non-hydrogen) atoms. The molecule has 2 aromatic heterocycles. The molecule has 1 unspecified atom stereocenters. The molecular formula is C35H40N6O5S. The second-order valence-corrected chi connectivity index (χ2v) is 14.1. The fourth-order valence-corrected chi connectivity index (χ4v) is 6.69. The number of rotatable bonds is 9. The highest BCUT2D eigenvalue weighted by molar-refractivity contribution is 7.92. The van der Waals surface area contributed by atoms with Gasteiger partial charge in [-0.1, -0.05) is 44.0 Å². The lowest BCUT2D eigenvalue weighted by molar-refractivity contribution is 0.0560. The largest absolute Gasteiger partial charge is 0.487 e. The lowest BCUT2D eigenvalue weighted by Crippen LogP contribution is -2.44. The van der Waals surface area contributed by atoms with Crippen LogP contribution in [0.1, 0.15) is 73.3 Å². The average molecular weight is 657 g/mol. The Morgan fingerprint density at radius 3 is 2.45 bits per heavy atom. The van der Waals surface area contributed by atoms with Crippen molar-refractivity contribution in [2.75, 3.05) is 11.3 Å². The van der Waals surface area contributed by atoms with Crippen LogP contribution in [0, 0.1) is 19.8 Å². The van der Waals surface area contributed by atoms with Crippen molar-refractivity contribution in [1.29, 1.82) is 0 Å². The summed E-state index contributed by atoms with van der Waals surface area (Å²) < 4.78 is 42.0. The van der Waals surface area contributed by atoms with E-state index in [1.54, 1.807) is 35.5 Å². The van der Waals surface area contributed by atoms with E-state index < -0.39 is 10.0 Å². The molecule has 246 valence electrons. The predicted octanol–water partition coefficient (Wildman–Crippen LogP) is 6.12. The molecule has 1 amide bonds. The third-order valence-electron chi connectivity index (χ3n) is 8.69. The summed E-state index contributed by atoms with van der Waals surface area (Å²) in [6, 6.07) is 13.3. The Morgan fingerprint density at radius 2 is 1.74 bits per heavy atom. The third kappa shape index (κ3) is 7.70. The molecule has 3 heterocycles. The molecular weight excluding hydrogens is 616 g/mol. The average Bonchev–Trinajstić information content (AvgIpc) is 3.88. The number of aromatic nitrogens is 4. The second-order valence-electron chi connectivity index (χ2n) is 12.4. The number of carbonyl (C=O) groups is 1. The standard InChI is InChI=1S/C35H40N6O5S/c1-5-24(4)46-28-18-36-31(37-19-28)20-41-27(15-14-25-12-13-25)21-45-32-17-30(33-22(2)8-6-9-23(33)3)38-35(39-32)40-47(43,44)29-11-7-10-26(16-29)34(41)42/h6-11,16-19,24-25,27H,5,12-15,20-21H2,1-4H3,(H,38,39,40)/t24?,27-/m1/s1. The number of benzene rings is 2. The maximum Gasteiger partial charge on any atom is 0.264 e. The molecule has 6 rings (SSSR count). The van der Waals surface area contributed by atoms with Gasteiger partial charge in [-0.3, -0.25) is 4.79 Å². The van der Waals surface area contributed by atoms with E-state index in [4.69, 9.17) is 9.47 Å². The van der Waals surface area contributed by atoms with Gasteiger partial charge in [0.15, 0.2) is 5.75 Å². The summed E-state index contributed by atoms with van der Waals surface area (Å²) in [6.07, 6.45) is 8.05. The van der Waals surface area contributed by atoms with Gasteiger partial charge in [0, 0.05) is 17.2 Å². The molecule has 2 atom stereocenters. The van der Waals surface area contributed by atoms with Gasteiger partial charge in [0.05, 0.1) is 41.7 Å². The van der Waals surface area contributed by atoms with E-state index in [9.17, 15) is 13.2 Å². The van der Waals surface area contributed by atoms with Crippen LogP contribution in [0.5, 0.6) is 11.6 Å². The number of fused-ring (bicyclic) bond motifs is 4. The summed E-state index contributed by atoms with van der Waals surface area (Å²) in [5.41, 5.74) is 3.58. The van der Waals surface area contributed by atoms with Crippen molar-refractivity contribution in [2.24, 2.45) is 5.92 Å². The molecule has 1 fully saturated rings. The monoisotopic (exact) mass is 656 g/mol. The summed E-state index contributed by atoms with van der Waals surface area (Å²) in [5, 5.41) is 0. The number of hydrogen-bond acceptors (Lipinski definition) is 9. The molecule has 4 bridgehead atoms. The van der Waals surface area contributed by atoms with Crippen molar-refractivity contribution in [3.63, 3.8) is 0 Å². The van der Waals surface area contributed by atoms with Crippen LogP contribution in [-0.4, -0.2) is 57.9 Å². The van der Waals surface area contributed by atoms with Crippen molar-refractivity contribution < 1.29 is 22.7 Å². The maximum absolute atomic E-state index is 14.3. The number of hydrogen-bond donors (Lipinski definition) is 1. The Labute approximate surface area is 275 Å². The fraction of sp³-hybridized carbons (Fsp3) is 0.400. The molecule has 2 aromatic carbocycles. The minimum Gasteiger partial charge on any atom is -0.487 e. The van der Waals surface area contributed by atoms with Gasteiger partial charge in [0.1, 0.15) is 12.4 Å². The van der Waals surface area contributed by atoms with Crippen LogP contribution >= 0.6 is 0 Å². The molecule has 1 aliphatic carbocycles. The van der Waals surface area contributed by atoms with Crippen LogP contribution in [0.25, 0.3) is 11.3 Å². The zero-order valence-corrected chi connectivity index (χ0v) is 28.0. The number of ether oxygens (including phenoxy) is 2. The SMILES string of the molecule is CCC(C)Oc1cnc(CN2C(=O)c3cccc(c3)S(=O)(=O)Nc3nc(cc(-c4c(C)cccc4C)n3)OC[C@H]2CCC2CC2)nc1. The molecule has 1 aliphatic heterocycles. The van der Waals surface area contributed by atoms with Crippen molar-refractivity contribution in [2.45, 2.75) is 83.4 Å². The molecule has 0 saturated heterocycles. The van der Waals surface area contributed by atoms with Crippen molar-refractivity contribution in [3.8, 4) is 22.9 Å². The van der Waals surface area contributed by atoms with Gasteiger partial charge in [-0.2, -0.15) is 4.98 Å². The normalized spacial score (nSPS) is 18.2. The van der Waals surface area contributed by atoms with Crippen LogP contribution in [0.4, 0.5) is 5.95 Å².